The van der Waals surface area contributed by atoms with Gasteiger partial charge in [-0.15, -0.1) is 0 Å². The number of carbonyl (C=O) groups is 2. The largest absolute Gasteiger partial charge is 0.458 e. The monoisotopic (exact) mass is 773 g/mol. The van der Waals surface area contributed by atoms with Gasteiger partial charge in [0.05, 0.1) is 35.1 Å². The van der Waals surface area contributed by atoms with E-state index in [-0.39, 0.29) is 47.2 Å². The highest BCUT2D eigenvalue weighted by molar-refractivity contribution is 6.99. The van der Waals surface area contributed by atoms with Crippen molar-refractivity contribution in [2.45, 2.75) is 102 Å². The number of aryl methyl sites for hydroxylation is 1. The molecule has 4 heterocycles. The highest BCUT2D eigenvalue weighted by Gasteiger charge is 2.61. The van der Waals surface area contributed by atoms with Crippen LogP contribution >= 0.6 is 11.6 Å². The summed E-state index contributed by atoms with van der Waals surface area (Å²) in [5, 5.41) is 18.4. The van der Waals surface area contributed by atoms with Crippen LogP contribution in [0.4, 0.5) is 0 Å². The summed E-state index contributed by atoms with van der Waals surface area (Å²) in [4.78, 5) is 47.0. The molecule has 5 aromatic rings. The van der Waals surface area contributed by atoms with Gasteiger partial charge in [-0.3, -0.25) is 9.59 Å². The van der Waals surface area contributed by atoms with Gasteiger partial charge in [0.1, 0.15) is 12.2 Å². The van der Waals surface area contributed by atoms with Gasteiger partial charge in [-0.05, 0) is 83.3 Å². The van der Waals surface area contributed by atoms with Crippen LogP contribution < -0.4 is 21.2 Å². The second-order valence-corrected chi connectivity index (χ2v) is 21.3. The maximum atomic E-state index is 14.9. The predicted molar refractivity (Wildman–Crippen MR) is 214 cm³/mol. The van der Waals surface area contributed by atoms with Gasteiger partial charge in [-0.2, -0.15) is 0 Å². The minimum absolute atomic E-state index is 0.0507. The molecule has 4 aliphatic rings. The average Bonchev–Trinajstić information content (AvgIpc) is 3.88. The van der Waals surface area contributed by atoms with Crippen LogP contribution in [0.2, 0.25) is 10.1 Å². The van der Waals surface area contributed by atoms with Crippen molar-refractivity contribution in [3.05, 3.63) is 122 Å². The van der Waals surface area contributed by atoms with Crippen LogP contribution in [0.5, 0.6) is 0 Å². The Kier molecular flexibility index (Phi) is 8.16. The number of aromatic nitrogens is 2. The number of amides is 1. The van der Waals surface area contributed by atoms with E-state index < -0.39 is 31.5 Å². The van der Waals surface area contributed by atoms with E-state index in [9.17, 15) is 19.5 Å². The van der Waals surface area contributed by atoms with E-state index in [1.54, 1.807) is 17.6 Å². The Balaban J connectivity index is 1.16. The third kappa shape index (κ3) is 5.18. The zero-order valence-electron chi connectivity index (χ0n) is 31.7. The number of pyridine rings is 2. The lowest BCUT2D eigenvalue weighted by molar-refractivity contribution is -0.172. The zero-order valence-corrected chi connectivity index (χ0v) is 33.5. The normalized spacial score (nSPS) is 20.7. The molecule has 2 aliphatic heterocycles. The van der Waals surface area contributed by atoms with Crippen LogP contribution in [0.25, 0.3) is 22.3 Å². The Bertz CT molecular complexity index is 2470. The number of hydrogen-bond acceptors (Lipinski definition) is 7. The fourth-order valence-electron chi connectivity index (χ4n) is 9.42. The quantitative estimate of drug-likeness (QED) is 0.145. The molecular formula is C44H44ClN3O6Si. The number of hydrogen-bond donors (Lipinski definition) is 2. The summed E-state index contributed by atoms with van der Waals surface area (Å²) in [5.41, 5.74) is 2.84. The van der Waals surface area contributed by atoms with Gasteiger partial charge in [-0.25, -0.2) is 9.78 Å². The third-order valence-electron chi connectivity index (χ3n) is 12.6. The zero-order chi connectivity index (χ0) is 38.7. The molecule has 2 N–H and O–H groups in total. The second kappa shape index (κ2) is 12.4. The molecule has 11 heteroatoms. The topological polar surface area (TPSA) is 120 Å². The Morgan fingerprint density at radius 2 is 1.69 bits per heavy atom. The van der Waals surface area contributed by atoms with E-state index in [2.05, 4.69) is 50.4 Å². The molecule has 1 amide bonds. The van der Waals surface area contributed by atoms with Crippen molar-refractivity contribution < 1.29 is 23.9 Å². The van der Waals surface area contributed by atoms with Crippen molar-refractivity contribution in [1.29, 1.82) is 0 Å². The van der Waals surface area contributed by atoms with Crippen LogP contribution in [0.3, 0.4) is 0 Å². The van der Waals surface area contributed by atoms with E-state index in [4.69, 9.17) is 25.7 Å². The van der Waals surface area contributed by atoms with Crippen LogP contribution in [0.15, 0.2) is 77.6 Å². The highest BCUT2D eigenvalue weighted by Crippen LogP contribution is 2.50. The molecular weight excluding hydrogens is 730 g/mol. The summed E-state index contributed by atoms with van der Waals surface area (Å²) >= 11 is 6.82. The number of halogens is 1. The first kappa shape index (κ1) is 36.1. The average molecular weight is 774 g/mol. The summed E-state index contributed by atoms with van der Waals surface area (Å²) in [6.45, 7) is 10.4. The van der Waals surface area contributed by atoms with Crippen molar-refractivity contribution in [1.82, 2.24) is 14.9 Å². The molecule has 0 unspecified atom stereocenters. The number of fused-ring (bicyclic) bond motifs is 5. The van der Waals surface area contributed by atoms with E-state index in [1.165, 1.54) is 0 Å². The molecule has 0 spiro atoms. The number of cyclic esters (lactones) is 1. The molecule has 3 aromatic carbocycles. The summed E-state index contributed by atoms with van der Waals surface area (Å²) in [6, 6.07) is 24.0. The highest BCUT2D eigenvalue weighted by atomic mass is 35.5. The number of aliphatic hydroxyl groups is 1. The molecule has 1 fully saturated rings. The van der Waals surface area contributed by atoms with Crippen LogP contribution in [-0.4, -0.2) is 40.5 Å². The van der Waals surface area contributed by atoms with Crippen molar-refractivity contribution >= 4 is 53.1 Å². The third-order valence-corrected chi connectivity index (χ3v) is 18.1. The molecule has 2 aromatic heterocycles. The Labute approximate surface area is 325 Å². The number of ether oxygens (including phenoxy) is 1. The Morgan fingerprint density at radius 3 is 2.29 bits per heavy atom. The maximum absolute atomic E-state index is 14.9. The molecule has 55 heavy (non-hydrogen) atoms. The number of nitrogens with zero attached hydrogens (tertiary/aromatic N) is 2. The fraction of sp³-hybridized carbons (Fsp3) is 0.364. The van der Waals surface area contributed by atoms with Crippen LogP contribution in [0.1, 0.15) is 92.8 Å². The Morgan fingerprint density at radius 1 is 1.04 bits per heavy atom. The lowest BCUT2D eigenvalue weighted by atomic mass is 9.81. The summed E-state index contributed by atoms with van der Waals surface area (Å²) in [5.74, 6) is -0.902. The van der Waals surface area contributed by atoms with Crippen molar-refractivity contribution in [3.63, 3.8) is 0 Å². The van der Waals surface area contributed by atoms with Gasteiger partial charge in [0.15, 0.2) is 5.60 Å². The van der Waals surface area contributed by atoms with Crippen molar-refractivity contribution in [2.24, 2.45) is 0 Å². The Hall–Kier alpha value is -4.61. The minimum atomic E-state index is -3.05. The molecule has 1 saturated carbocycles. The smallest absolute Gasteiger partial charge is 0.343 e. The molecule has 2 aliphatic carbocycles. The molecule has 9 nitrogen and oxygen atoms in total. The second-order valence-electron chi connectivity index (χ2n) is 16.6. The van der Waals surface area contributed by atoms with E-state index in [0.29, 0.717) is 47.6 Å². The molecule has 0 radical (unpaired) electrons. The number of nitrogens with one attached hydrogen (secondary N) is 1. The predicted octanol–water partition coefficient (Wildman–Crippen LogP) is 6.25. The first-order valence-corrected chi connectivity index (χ1v) is 21.5. The van der Waals surface area contributed by atoms with Gasteiger partial charge in [0.25, 0.3) is 19.8 Å². The number of benzene rings is 3. The lowest BCUT2D eigenvalue weighted by Crippen LogP contribution is -2.69. The van der Waals surface area contributed by atoms with Gasteiger partial charge in [-0.1, -0.05) is 100.0 Å². The van der Waals surface area contributed by atoms with Gasteiger partial charge < -0.3 is 24.2 Å². The lowest BCUT2D eigenvalue weighted by Gasteiger charge is -2.45. The number of rotatable bonds is 7. The van der Waals surface area contributed by atoms with Crippen LogP contribution in [-0.2, 0) is 43.9 Å². The molecule has 2 atom stereocenters. The van der Waals surface area contributed by atoms with Crippen molar-refractivity contribution in [2.75, 3.05) is 0 Å². The first-order valence-electron chi connectivity index (χ1n) is 19.2. The van der Waals surface area contributed by atoms with E-state index in [1.807, 2.05) is 49.4 Å². The molecule has 9 rings (SSSR count). The maximum Gasteiger partial charge on any atom is 0.343 e. The van der Waals surface area contributed by atoms with Gasteiger partial charge in [0, 0.05) is 21.5 Å². The number of esters is 1. The SMILES string of the molecule is CC[C@@]1(O)C(=O)OCc2c1cc1n(c2=O)Cc2c-1nc1cc(Cl)c(C)c3c1c2[C@@H](NC(=O)C1(O[Si](c2ccccc2)(c2ccccc2)C(C)(C)C)CC1)CC3. The minimum Gasteiger partial charge on any atom is -0.458 e. The number of carbonyl (C=O) groups excluding carboxylic acids is 2. The summed E-state index contributed by atoms with van der Waals surface area (Å²) in [7, 11) is -3.05. The van der Waals surface area contributed by atoms with Gasteiger partial charge in [0.2, 0.25) is 0 Å². The van der Waals surface area contributed by atoms with E-state index >= 15 is 0 Å². The van der Waals surface area contributed by atoms with Gasteiger partial charge >= 0.3 is 5.97 Å². The van der Waals surface area contributed by atoms with E-state index in [0.717, 1.165) is 38.0 Å². The van der Waals surface area contributed by atoms with Crippen molar-refractivity contribution in [3.8, 4) is 11.4 Å². The molecule has 0 saturated heterocycles. The standard InChI is InChI=1S/C44H44ClN3O6Si/c1-6-44(52)31-21-35-38-29(23-48(35)39(49)30(31)24-53-41(44)51)37-33(18-17-28-25(2)32(45)22-34(46-38)36(28)37)47-40(50)43(19-20-43)54-55(42(3,4)5,26-13-9-7-10-14-26)27-15-11-8-12-16-27/h7-16,21-22,33,52H,6,17-20,23-24H2,1-5H3,(H,47,50)/t33-,44-/m0/s1. The summed E-state index contributed by atoms with van der Waals surface area (Å²) in [6.07, 6.45) is 2.58. The molecule has 0 bridgehead atoms. The fourth-order valence-corrected chi connectivity index (χ4v) is 14.5. The van der Waals surface area contributed by atoms with Crippen LogP contribution in [0, 0.1) is 6.92 Å². The molecule has 282 valence electrons. The first-order chi connectivity index (χ1) is 26.2. The summed E-state index contributed by atoms with van der Waals surface area (Å²) < 4.78 is 14.5.